The van der Waals surface area contributed by atoms with Crippen LogP contribution in [0.1, 0.15) is 22.8 Å². The highest BCUT2D eigenvalue weighted by atomic mass is 19.4. The summed E-state index contributed by atoms with van der Waals surface area (Å²) in [5.74, 6) is -1.46. The molecule has 2 heterocycles. The third-order valence-corrected chi connectivity index (χ3v) is 6.63. The summed E-state index contributed by atoms with van der Waals surface area (Å²) in [7, 11) is 3.91. The Hall–Kier alpha value is -3.96. The zero-order chi connectivity index (χ0) is 28.9. The fourth-order valence-electron chi connectivity index (χ4n) is 4.30. The van der Waals surface area contributed by atoms with Crippen molar-refractivity contribution in [3.05, 3.63) is 71.9 Å². The Kier molecular flexibility index (Phi) is 9.06. The summed E-state index contributed by atoms with van der Waals surface area (Å²) < 4.78 is 48.5. The molecule has 0 bridgehead atoms. The maximum Gasteiger partial charge on any atom is 0.573 e. The number of anilines is 2. The molecule has 0 radical (unpaired) electrons. The summed E-state index contributed by atoms with van der Waals surface area (Å²) in [5, 5.41) is 2.51. The average molecular weight is 557 g/mol. The molecule has 1 aliphatic rings. The highest BCUT2D eigenvalue weighted by Crippen LogP contribution is 2.32. The summed E-state index contributed by atoms with van der Waals surface area (Å²) >= 11 is 0. The van der Waals surface area contributed by atoms with Crippen molar-refractivity contribution in [2.45, 2.75) is 25.7 Å². The Morgan fingerprint density at radius 3 is 2.38 bits per heavy atom. The highest BCUT2D eigenvalue weighted by Gasteiger charge is 2.33. The molecule has 0 saturated carbocycles. The second-order valence-electron chi connectivity index (χ2n) is 9.67. The van der Waals surface area contributed by atoms with Gasteiger partial charge in [-0.15, -0.1) is 13.2 Å². The number of pyridine rings is 1. The van der Waals surface area contributed by atoms with E-state index in [1.165, 1.54) is 12.1 Å². The van der Waals surface area contributed by atoms with E-state index in [0.29, 0.717) is 31.9 Å². The van der Waals surface area contributed by atoms with Crippen molar-refractivity contribution in [1.29, 1.82) is 0 Å². The third kappa shape index (κ3) is 7.57. The smallest absolute Gasteiger partial charge is 0.404 e. The minimum Gasteiger partial charge on any atom is -0.404 e. The molecule has 0 spiro atoms. The number of carbonyl (C=O) groups is 2. The van der Waals surface area contributed by atoms with E-state index in [1.54, 1.807) is 19.2 Å². The Bertz CT molecular complexity index is 1320. The fraction of sp³-hybridized carbons (Fsp3) is 0.345. The summed E-state index contributed by atoms with van der Waals surface area (Å²) in [6.07, 6.45) is -3.40. The lowest BCUT2D eigenvalue weighted by Crippen LogP contribution is -2.47. The molecule has 4 rings (SSSR count). The van der Waals surface area contributed by atoms with E-state index in [1.807, 2.05) is 54.2 Å². The molecule has 0 unspecified atom stereocenters. The van der Waals surface area contributed by atoms with E-state index in [-0.39, 0.29) is 23.5 Å². The monoisotopic (exact) mass is 556 g/mol. The van der Waals surface area contributed by atoms with Gasteiger partial charge in [0.2, 0.25) is 5.91 Å². The molecule has 1 saturated heterocycles. The Labute approximate surface area is 230 Å². The SMILES string of the molecule is C[C@@H](C(=O)Nc1cc(C(=O)Cc2ccc(-c3ccc(N(C)C)cc3)nc2)ccc1OC(F)(F)F)N1CCOCC1. The average Bonchev–Trinajstić information content (AvgIpc) is 2.93. The minimum atomic E-state index is -4.97. The van der Waals surface area contributed by atoms with Crippen LogP contribution >= 0.6 is 0 Å². The number of rotatable bonds is 9. The first kappa shape index (κ1) is 29.0. The lowest BCUT2D eigenvalue weighted by atomic mass is 10.0. The first-order chi connectivity index (χ1) is 19.0. The van der Waals surface area contributed by atoms with Gasteiger partial charge in [0.1, 0.15) is 0 Å². The number of aromatic nitrogens is 1. The molecule has 1 atom stereocenters. The number of nitrogens with zero attached hydrogens (tertiary/aromatic N) is 3. The van der Waals surface area contributed by atoms with Crippen molar-refractivity contribution in [3.8, 4) is 17.0 Å². The number of carbonyl (C=O) groups excluding carboxylic acids is 2. The molecule has 3 aromatic rings. The van der Waals surface area contributed by atoms with Gasteiger partial charge in [0, 0.05) is 56.6 Å². The predicted molar refractivity (Wildman–Crippen MR) is 146 cm³/mol. The second-order valence-corrected chi connectivity index (χ2v) is 9.67. The maximum absolute atomic E-state index is 13.1. The Balaban J connectivity index is 1.49. The van der Waals surface area contributed by atoms with Crippen molar-refractivity contribution >= 4 is 23.1 Å². The molecule has 11 heteroatoms. The lowest BCUT2D eigenvalue weighted by Gasteiger charge is -2.31. The van der Waals surface area contributed by atoms with E-state index in [0.717, 1.165) is 23.0 Å². The maximum atomic E-state index is 13.1. The molecule has 2 aromatic carbocycles. The summed E-state index contributed by atoms with van der Waals surface area (Å²) in [6.45, 7) is 3.62. The molecular formula is C29H31F3N4O4. The zero-order valence-electron chi connectivity index (χ0n) is 22.5. The summed E-state index contributed by atoms with van der Waals surface area (Å²) in [5.41, 5.74) is 3.27. The van der Waals surface area contributed by atoms with Gasteiger partial charge in [-0.3, -0.25) is 19.5 Å². The Morgan fingerprint density at radius 1 is 1.07 bits per heavy atom. The van der Waals surface area contributed by atoms with E-state index >= 15 is 0 Å². The second kappa shape index (κ2) is 12.5. The van der Waals surface area contributed by atoms with Crippen molar-refractivity contribution in [3.63, 3.8) is 0 Å². The van der Waals surface area contributed by atoms with Crippen LogP contribution in [0.2, 0.25) is 0 Å². The van der Waals surface area contributed by atoms with Gasteiger partial charge in [-0.1, -0.05) is 18.2 Å². The van der Waals surface area contributed by atoms with Gasteiger partial charge in [0.15, 0.2) is 11.5 Å². The first-order valence-corrected chi connectivity index (χ1v) is 12.8. The van der Waals surface area contributed by atoms with Crippen LogP contribution < -0.4 is 15.0 Å². The number of amides is 1. The molecular weight excluding hydrogens is 525 g/mol. The fourth-order valence-corrected chi connectivity index (χ4v) is 4.30. The van der Waals surface area contributed by atoms with Crippen molar-refractivity contribution < 1.29 is 32.2 Å². The Morgan fingerprint density at radius 2 is 1.77 bits per heavy atom. The normalized spacial score (nSPS) is 14.8. The number of benzene rings is 2. The predicted octanol–water partition coefficient (Wildman–Crippen LogP) is 4.80. The number of alkyl halides is 3. The molecule has 1 N–H and O–H groups in total. The number of morpholine rings is 1. The molecule has 1 fully saturated rings. The molecule has 0 aliphatic carbocycles. The summed E-state index contributed by atoms with van der Waals surface area (Å²) in [6, 6.07) is 14.4. The van der Waals surface area contributed by atoms with Gasteiger partial charge in [-0.2, -0.15) is 0 Å². The van der Waals surface area contributed by atoms with Crippen molar-refractivity contribution in [2.75, 3.05) is 50.6 Å². The van der Waals surface area contributed by atoms with Gasteiger partial charge < -0.3 is 19.7 Å². The van der Waals surface area contributed by atoms with Crippen LogP contribution in [0.3, 0.4) is 0 Å². The lowest BCUT2D eigenvalue weighted by molar-refractivity contribution is -0.274. The molecule has 212 valence electrons. The topological polar surface area (TPSA) is 84.0 Å². The number of Topliss-reactive ketones (excluding diaryl/α,β-unsaturated/α-hetero) is 1. The molecule has 1 aliphatic heterocycles. The van der Waals surface area contributed by atoms with Gasteiger partial charge in [0.25, 0.3) is 0 Å². The van der Waals surface area contributed by atoms with Crippen LogP contribution in [0.4, 0.5) is 24.5 Å². The van der Waals surface area contributed by atoms with Gasteiger partial charge in [-0.05, 0) is 48.9 Å². The number of hydrogen-bond donors (Lipinski definition) is 1. The third-order valence-electron chi connectivity index (χ3n) is 6.63. The van der Waals surface area contributed by atoms with Gasteiger partial charge >= 0.3 is 6.36 Å². The summed E-state index contributed by atoms with van der Waals surface area (Å²) in [4.78, 5) is 34.3. The first-order valence-electron chi connectivity index (χ1n) is 12.8. The van der Waals surface area contributed by atoms with Crippen molar-refractivity contribution in [1.82, 2.24) is 9.88 Å². The highest BCUT2D eigenvalue weighted by molar-refractivity contribution is 6.01. The van der Waals surface area contributed by atoms with Gasteiger partial charge in [-0.25, -0.2) is 0 Å². The quantitative estimate of drug-likeness (QED) is 0.379. The largest absolute Gasteiger partial charge is 0.573 e. The van der Waals surface area contributed by atoms with Gasteiger partial charge in [0.05, 0.1) is 30.6 Å². The minimum absolute atomic E-state index is 0.0239. The van der Waals surface area contributed by atoms with Crippen LogP contribution in [-0.2, 0) is 16.0 Å². The zero-order valence-corrected chi connectivity index (χ0v) is 22.5. The molecule has 8 nitrogen and oxygen atoms in total. The number of hydrogen-bond acceptors (Lipinski definition) is 7. The van der Waals surface area contributed by atoms with E-state index in [2.05, 4.69) is 15.0 Å². The van der Waals surface area contributed by atoms with Crippen LogP contribution in [0.25, 0.3) is 11.3 Å². The molecule has 40 heavy (non-hydrogen) atoms. The van der Waals surface area contributed by atoms with E-state index < -0.39 is 24.1 Å². The van der Waals surface area contributed by atoms with Crippen LogP contribution in [0.15, 0.2) is 60.8 Å². The van der Waals surface area contributed by atoms with Crippen molar-refractivity contribution in [2.24, 2.45) is 0 Å². The van der Waals surface area contributed by atoms with Crippen LogP contribution in [0.5, 0.6) is 5.75 Å². The standard InChI is InChI=1S/C29H31F3N4O4/c1-19(36-12-14-39-15-13-36)28(38)34-25-17-22(7-11-27(25)40-29(30,31)32)26(37)16-20-4-10-24(33-18-20)21-5-8-23(9-6-21)35(2)3/h4-11,17-19H,12-16H2,1-3H3,(H,34,38)/t19-/m0/s1. The molecule has 1 amide bonds. The van der Waals surface area contributed by atoms with E-state index in [9.17, 15) is 22.8 Å². The van der Waals surface area contributed by atoms with E-state index in [4.69, 9.17) is 4.74 Å². The van der Waals surface area contributed by atoms with Crippen LogP contribution in [0, 0.1) is 0 Å². The van der Waals surface area contributed by atoms with Crippen LogP contribution in [-0.4, -0.2) is 74.4 Å². The number of halogens is 3. The molecule has 1 aromatic heterocycles. The number of nitrogens with one attached hydrogen (secondary N) is 1. The number of ketones is 1. The number of ether oxygens (including phenoxy) is 2.